The van der Waals surface area contributed by atoms with E-state index in [0.29, 0.717) is 6.04 Å². The van der Waals surface area contributed by atoms with Gasteiger partial charge in [0.05, 0.1) is 12.6 Å². The first-order valence-electron chi connectivity index (χ1n) is 5.42. The Kier molecular flexibility index (Phi) is 5.75. The predicted molar refractivity (Wildman–Crippen MR) is 54.9 cm³/mol. The number of carbonyl (C=O) groups excluding carboxylic acids is 1. The molecule has 4 heteroatoms. The molecule has 0 aliphatic carbocycles. The zero-order chi connectivity index (χ0) is 10.2. The number of piperidine rings is 1. The molecule has 0 aromatic heterocycles. The molecule has 1 aliphatic heterocycles. The van der Waals surface area contributed by atoms with E-state index in [2.05, 4.69) is 17.7 Å². The fraction of sp³-hybridized carbons (Fsp3) is 0.900. The molecular formula is C10H20N2O2. The first-order chi connectivity index (χ1) is 6.86. The van der Waals surface area contributed by atoms with Crippen LogP contribution in [0.25, 0.3) is 0 Å². The summed E-state index contributed by atoms with van der Waals surface area (Å²) in [6, 6.07) is 0.395. The molecule has 0 unspecified atom stereocenters. The summed E-state index contributed by atoms with van der Waals surface area (Å²) in [5.74, 6) is 0. The Bertz CT molecular complexity index is 156. The maximum absolute atomic E-state index is 10.5. The summed E-state index contributed by atoms with van der Waals surface area (Å²) in [4.78, 5) is 15.8. The Balaban J connectivity index is 2.01. The molecule has 14 heavy (non-hydrogen) atoms. The lowest BCUT2D eigenvalue weighted by Gasteiger charge is -2.27. The summed E-state index contributed by atoms with van der Waals surface area (Å²) in [6.07, 6.45) is 5.12. The zero-order valence-corrected chi connectivity index (χ0v) is 8.79. The van der Waals surface area contributed by atoms with Crippen molar-refractivity contribution in [2.45, 2.75) is 44.7 Å². The Morgan fingerprint density at radius 2 is 2.43 bits per heavy atom. The number of hydrogen-bond donors (Lipinski definition) is 2. The van der Waals surface area contributed by atoms with Crippen molar-refractivity contribution in [3.8, 4) is 0 Å². The summed E-state index contributed by atoms with van der Waals surface area (Å²) < 4.78 is 0. The van der Waals surface area contributed by atoms with Crippen molar-refractivity contribution in [2.24, 2.45) is 0 Å². The number of carbonyl (C=O) groups is 1. The first-order valence-corrected chi connectivity index (χ1v) is 5.42. The lowest BCUT2D eigenvalue weighted by atomic mass is 10.0. The third kappa shape index (κ3) is 4.17. The molecule has 0 radical (unpaired) electrons. The van der Waals surface area contributed by atoms with E-state index in [-0.39, 0.29) is 6.04 Å². The molecule has 1 fully saturated rings. The lowest BCUT2D eigenvalue weighted by molar-refractivity contribution is -0.110. The fourth-order valence-electron chi connectivity index (χ4n) is 1.49. The van der Waals surface area contributed by atoms with Crippen LogP contribution in [0.5, 0.6) is 0 Å². The zero-order valence-electron chi connectivity index (χ0n) is 8.79. The van der Waals surface area contributed by atoms with Crippen molar-refractivity contribution >= 4 is 6.29 Å². The minimum Gasteiger partial charge on any atom is -0.306 e. The molecule has 1 saturated heterocycles. The van der Waals surface area contributed by atoms with Crippen LogP contribution in [0.2, 0.25) is 0 Å². The highest BCUT2D eigenvalue weighted by atomic mass is 16.6. The Labute approximate surface area is 85.3 Å². The molecule has 4 nitrogen and oxygen atoms in total. The van der Waals surface area contributed by atoms with Gasteiger partial charge < -0.3 is 14.9 Å². The van der Waals surface area contributed by atoms with E-state index < -0.39 is 0 Å². The molecule has 0 aromatic carbocycles. The smallest absolute Gasteiger partial charge is 0.136 e. The number of hydrogen-bond acceptors (Lipinski definition) is 4. The molecule has 1 heterocycles. The van der Waals surface area contributed by atoms with Crippen molar-refractivity contribution in [1.29, 1.82) is 0 Å². The van der Waals surface area contributed by atoms with Crippen LogP contribution in [-0.4, -0.2) is 31.5 Å². The van der Waals surface area contributed by atoms with E-state index in [0.717, 1.165) is 45.1 Å². The second-order valence-electron chi connectivity index (χ2n) is 3.74. The topological polar surface area (TPSA) is 50.4 Å². The average Bonchev–Trinajstić information content (AvgIpc) is 2.25. The maximum Gasteiger partial charge on any atom is 0.136 e. The number of nitrogens with one attached hydrogen (secondary N) is 2. The molecule has 2 atom stereocenters. The quantitative estimate of drug-likeness (QED) is 0.375. The Morgan fingerprint density at radius 3 is 3.00 bits per heavy atom. The summed E-state index contributed by atoms with van der Waals surface area (Å²) in [5, 5.41) is 3.15. The van der Waals surface area contributed by atoms with Crippen LogP contribution >= 0.6 is 0 Å². The van der Waals surface area contributed by atoms with E-state index in [1.807, 2.05) is 0 Å². The van der Waals surface area contributed by atoms with Crippen LogP contribution in [0.15, 0.2) is 0 Å². The van der Waals surface area contributed by atoms with Crippen LogP contribution in [0.4, 0.5) is 0 Å². The minimum absolute atomic E-state index is 0.0451. The summed E-state index contributed by atoms with van der Waals surface area (Å²) >= 11 is 0. The molecule has 0 bridgehead atoms. The second kappa shape index (κ2) is 6.92. The van der Waals surface area contributed by atoms with Crippen LogP contribution < -0.4 is 10.8 Å². The van der Waals surface area contributed by atoms with Crippen molar-refractivity contribution < 1.29 is 9.63 Å². The van der Waals surface area contributed by atoms with Gasteiger partial charge in [-0.3, -0.25) is 0 Å². The van der Waals surface area contributed by atoms with E-state index in [1.165, 1.54) is 0 Å². The monoisotopic (exact) mass is 200 g/mol. The predicted octanol–water partition coefficient (Wildman–Crippen LogP) is 0.627. The minimum atomic E-state index is 0.0451. The van der Waals surface area contributed by atoms with Crippen molar-refractivity contribution in [3.63, 3.8) is 0 Å². The van der Waals surface area contributed by atoms with E-state index in [4.69, 9.17) is 4.84 Å². The Hall–Kier alpha value is -0.450. The van der Waals surface area contributed by atoms with Gasteiger partial charge in [0.2, 0.25) is 0 Å². The van der Waals surface area contributed by atoms with Gasteiger partial charge in [0, 0.05) is 12.6 Å². The lowest BCUT2D eigenvalue weighted by Crippen LogP contribution is -2.48. The standard InChI is InChI=1S/C10H20N2O2/c1-2-3-6-14-12-9-4-5-10(8-13)11-7-9/h8-12H,2-7H2,1H3/t9-,10+/m1/s1. The number of aldehydes is 1. The van der Waals surface area contributed by atoms with Crippen LogP contribution in [0.3, 0.4) is 0 Å². The summed E-state index contributed by atoms with van der Waals surface area (Å²) in [6.45, 7) is 3.72. The summed E-state index contributed by atoms with van der Waals surface area (Å²) in [5.41, 5.74) is 3.02. The van der Waals surface area contributed by atoms with Gasteiger partial charge in [-0.05, 0) is 19.3 Å². The van der Waals surface area contributed by atoms with Gasteiger partial charge >= 0.3 is 0 Å². The molecule has 0 aromatic rings. The van der Waals surface area contributed by atoms with E-state index in [1.54, 1.807) is 0 Å². The van der Waals surface area contributed by atoms with E-state index >= 15 is 0 Å². The third-order valence-corrected chi connectivity index (χ3v) is 2.47. The van der Waals surface area contributed by atoms with Gasteiger partial charge in [-0.1, -0.05) is 13.3 Å². The van der Waals surface area contributed by atoms with Crippen molar-refractivity contribution in [1.82, 2.24) is 10.8 Å². The average molecular weight is 200 g/mol. The highest BCUT2D eigenvalue weighted by Crippen LogP contribution is 2.06. The van der Waals surface area contributed by atoms with Gasteiger partial charge in [-0.25, -0.2) is 0 Å². The molecule has 0 saturated carbocycles. The number of rotatable bonds is 6. The van der Waals surface area contributed by atoms with Crippen LogP contribution in [0, 0.1) is 0 Å². The van der Waals surface area contributed by atoms with Gasteiger partial charge in [0.25, 0.3) is 0 Å². The second-order valence-corrected chi connectivity index (χ2v) is 3.74. The normalized spacial score (nSPS) is 27.5. The molecule has 2 N–H and O–H groups in total. The molecular weight excluding hydrogens is 180 g/mol. The van der Waals surface area contributed by atoms with E-state index in [9.17, 15) is 4.79 Å². The maximum atomic E-state index is 10.5. The van der Waals surface area contributed by atoms with Crippen molar-refractivity contribution in [3.05, 3.63) is 0 Å². The van der Waals surface area contributed by atoms with Gasteiger partial charge in [0.1, 0.15) is 6.29 Å². The molecule has 0 spiro atoms. The molecule has 0 amide bonds. The summed E-state index contributed by atoms with van der Waals surface area (Å²) in [7, 11) is 0. The van der Waals surface area contributed by atoms with Crippen LogP contribution in [-0.2, 0) is 9.63 Å². The molecule has 1 rings (SSSR count). The first kappa shape index (κ1) is 11.6. The molecule has 82 valence electrons. The highest BCUT2D eigenvalue weighted by Gasteiger charge is 2.19. The van der Waals surface area contributed by atoms with Gasteiger partial charge in [-0.2, -0.15) is 5.48 Å². The van der Waals surface area contributed by atoms with Gasteiger partial charge in [0.15, 0.2) is 0 Å². The van der Waals surface area contributed by atoms with Gasteiger partial charge in [-0.15, -0.1) is 0 Å². The van der Waals surface area contributed by atoms with Crippen LogP contribution in [0.1, 0.15) is 32.6 Å². The fourth-order valence-corrected chi connectivity index (χ4v) is 1.49. The number of unbranched alkanes of at least 4 members (excludes halogenated alkanes) is 1. The Morgan fingerprint density at radius 1 is 1.57 bits per heavy atom. The SMILES string of the molecule is CCCCON[C@@H]1CC[C@@H](C=O)NC1. The number of hydroxylamine groups is 1. The van der Waals surface area contributed by atoms with Crippen molar-refractivity contribution in [2.75, 3.05) is 13.2 Å². The largest absolute Gasteiger partial charge is 0.306 e. The highest BCUT2D eigenvalue weighted by molar-refractivity contribution is 5.57. The molecule has 1 aliphatic rings. The third-order valence-electron chi connectivity index (χ3n) is 2.47.